The fourth-order valence-corrected chi connectivity index (χ4v) is 2.49. The molecule has 2 aromatic carbocycles. The summed E-state index contributed by atoms with van der Waals surface area (Å²) in [4.78, 5) is 15.9. The van der Waals surface area contributed by atoms with E-state index in [4.69, 9.17) is 4.74 Å². The number of benzene rings is 2. The van der Waals surface area contributed by atoms with Crippen molar-refractivity contribution in [3.8, 4) is 11.5 Å². The van der Waals surface area contributed by atoms with E-state index in [0.717, 1.165) is 18.4 Å². The summed E-state index contributed by atoms with van der Waals surface area (Å²) in [5, 5.41) is 2.81. The van der Waals surface area contributed by atoms with Gasteiger partial charge in [-0.15, -0.1) is 0 Å². The lowest BCUT2D eigenvalue weighted by Crippen LogP contribution is -2.11. The third-order valence-electron chi connectivity index (χ3n) is 3.80. The maximum Gasteiger partial charge on any atom is 0.224 e. The number of amides is 1. The van der Waals surface area contributed by atoms with Crippen LogP contribution in [0.5, 0.6) is 11.5 Å². The van der Waals surface area contributed by atoms with Gasteiger partial charge >= 0.3 is 0 Å². The largest absolute Gasteiger partial charge is 0.454 e. The van der Waals surface area contributed by atoms with Crippen molar-refractivity contribution < 1.29 is 13.9 Å². The molecule has 0 aliphatic rings. The van der Waals surface area contributed by atoms with Crippen molar-refractivity contribution in [2.24, 2.45) is 0 Å². The zero-order valence-corrected chi connectivity index (χ0v) is 14.2. The van der Waals surface area contributed by atoms with Crippen molar-refractivity contribution in [3.63, 3.8) is 0 Å². The van der Waals surface area contributed by atoms with E-state index in [2.05, 4.69) is 10.3 Å². The second-order valence-electron chi connectivity index (χ2n) is 5.82. The molecule has 4 nitrogen and oxygen atoms in total. The lowest BCUT2D eigenvalue weighted by atomic mass is 10.1. The molecule has 0 radical (unpaired) electrons. The molecule has 26 heavy (non-hydrogen) atoms. The van der Waals surface area contributed by atoms with Crippen LogP contribution >= 0.6 is 0 Å². The van der Waals surface area contributed by atoms with Crippen LogP contribution in [-0.2, 0) is 11.2 Å². The molecule has 3 rings (SSSR count). The quantitative estimate of drug-likeness (QED) is 0.654. The molecule has 1 amide bonds. The van der Waals surface area contributed by atoms with Gasteiger partial charge in [0.25, 0.3) is 0 Å². The summed E-state index contributed by atoms with van der Waals surface area (Å²) in [5.74, 6) is 0.356. The number of para-hydroxylation sites is 1. The number of carbonyl (C=O) groups is 1. The molecule has 1 N–H and O–H groups in total. The van der Waals surface area contributed by atoms with Crippen LogP contribution in [0.2, 0.25) is 0 Å². The van der Waals surface area contributed by atoms with E-state index in [1.807, 2.05) is 12.1 Å². The van der Waals surface area contributed by atoms with Gasteiger partial charge in [-0.25, -0.2) is 4.39 Å². The van der Waals surface area contributed by atoms with Crippen LogP contribution in [0.1, 0.15) is 18.4 Å². The summed E-state index contributed by atoms with van der Waals surface area (Å²) in [6.45, 7) is 0. The van der Waals surface area contributed by atoms with Crippen LogP contribution in [0.4, 0.5) is 10.1 Å². The van der Waals surface area contributed by atoms with Crippen LogP contribution in [0.25, 0.3) is 0 Å². The molecule has 1 aromatic heterocycles. The Labute approximate surface area is 151 Å². The summed E-state index contributed by atoms with van der Waals surface area (Å²) >= 11 is 0. The summed E-state index contributed by atoms with van der Waals surface area (Å²) in [5.41, 5.74) is 1.80. The highest BCUT2D eigenvalue weighted by molar-refractivity contribution is 5.90. The van der Waals surface area contributed by atoms with Gasteiger partial charge in [-0.1, -0.05) is 24.3 Å². The van der Waals surface area contributed by atoms with Crippen LogP contribution in [-0.4, -0.2) is 10.9 Å². The number of aromatic nitrogens is 1. The van der Waals surface area contributed by atoms with Gasteiger partial charge in [0.15, 0.2) is 11.6 Å². The van der Waals surface area contributed by atoms with Crippen molar-refractivity contribution in [1.29, 1.82) is 0 Å². The Bertz CT molecular complexity index is 851. The average Bonchev–Trinajstić information content (AvgIpc) is 2.66. The van der Waals surface area contributed by atoms with Gasteiger partial charge in [-0.3, -0.25) is 9.78 Å². The van der Waals surface area contributed by atoms with Gasteiger partial charge in [-0.05, 0) is 54.8 Å². The molecule has 0 saturated heterocycles. The van der Waals surface area contributed by atoms with Gasteiger partial charge < -0.3 is 10.1 Å². The highest BCUT2D eigenvalue weighted by Gasteiger charge is 2.05. The number of aryl methyl sites for hydroxylation is 1. The van der Waals surface area contributed by atoms with E-state index in [1.165, 1.54) is 6.07 Å². The summed E-state index contributed by atoms with van der Waals surface area (Å²) in [6, 6.07) is 17.3. The van der Waals surface area contributed by atoms with E-state index in [1.54, 1.807) is 54.9 Å². The predicted molar refractivity (Wildman–Crippen MR) is 98.7 cm³/mol. The smallest absolute Gasteiger partial charge is 0.224 e. The van der Waals surface area contributed by atoms with Gasteiger partial charge in [0, 0.05) is 12.6 Å². The highest BCUT2D eigenvalue weighted by Crippen LogP contribution is 2.24. The number of hydrogen-bond donors (Lipinski definition) is 1. The minimum atomic E-state index is -0.392. The molecule has 0 unspecified atom stereocenters. The molecular weight excluding hydrogens is 331 g/mol. The van der Waals surface area contributed by atoms with E-state index in [-0.39, 0.29) is 11.7 Å². The van der Waals surface area contributed by atoms with Crippen LogP contribution in [0.3, 0.4) is 0 Å². The molecular formula is C21H19FN2O2. The van der Waals surface area contributed by atoms with Gasteiger partial charge in [0.2, 0.25) is 5.91 Å². The van der Waals surface area contributed by atoms with Crippen LogP contribution < -0.4 is 10.1 Å². The van der Waals surface area contributed by atoms with Crippen molar-refractivity contribution >= 4 is 11.6 Å². The molecule has 0 spiro atoms. The number of hydrogen-bond acceptors (Lipinski definition) is 3. The monoisotopic (exact) mass is 350 g/mol. The number of rotatable bonds is 7. The number of ether oxygens (including phenoxy) is 1. The SMILES string of the molecule is O=C(CCCc1ccc(Oc2ccccc2F)cc1)Nc1cccnc1. The first-order chi connectivity index (χ1) is 12.7. The molecule has 132 valence electrons. The van der Waals surface area contributed by atoms with Gasteiger partial charge in [0.05, 0.1) is 11.9 Å². The normalized spacial score (nSPS) is 10.3. The van der Waals surface area contributed by atoms with Crippen molar-refractivity contribution in [3.05, 3.63) is 84.4 Å². The summed E-state index contributed by atoms with van der Waals surface area (Å²) < 4.78 is 19.1. The van der Waals surface area contributed by atoms with E-state index in [0.29, 0.717) is 17.9 Å². The average molecular weight is 350 g/mol. The van der Waals surface area contributed by atoms with E-state index < -0.39 is 5.82 Å². The maximum absolute atomic E-state index is 13.6. The molecule has 5 heteroatoms. The Kier molecular flexibility index (Phi) is 5.93. The Morgan fingerprint density at radius 2 is 1.85 bits per heavy atom. The fourth-order valence-electron chi connectivity index (χ4n) is 2.49. The van der Waals surface area contributed by atoms with Crippen LogP contribution in [0, 0.1) is 5.82 Å². The number of nitrogens with zero attached hydrogens (tertiary/aromatic N) is 1. The second-order valence-corrected chi connectivity index (χ2v) is 5.82. The fraction of sp³-hybridized carbons (Fsp3) is 0.143. The molecule has 3 aromatic rings. The van der Waals surface area contributed by atoms with Crippen molar-refractivity contribution in [2.75, 3.05) is 5.32 Å². The first kappa shape index (κ1) is 17.6. The Morgan fingerprint density at radius 3 is 2.58 bits per heavy atom. The zero-order chi connectivity index (χ0) is 18.2. The van der Waals surface area contributed by atoms with Gasteiger partial charge in [0.1, 0.15) is 5.75 Å². The number of halogens is 1. The minimum absolute atomic E-state index is 0.0301. The molecule has 0 fully saturated rings. The van der Waals surface area contributed by atoms with Crippen molar-refractivity contribution in [1.82, 2.24) is 4.98 Å². The summed E-state index contributed by atoms with van der Waals surface area (Å²) in [7, 11) is 0. The molecule has 0 aliphatic heterocycles. The molecule has 1 heterocycles. The third kappa shape index (κ3) is 5.14. The number of anilines is 1. The first-order valence-corrected chi connectivity index (χ1v) is 8.42. The molecule has 0 bridgehead atoms. The lowest BCUT2D eigenvalue weighted by Gasteiger charge is -2.08. The highest BCUT2D eigenvalue weighted by atomic mass is 19.1. The molecule has 0 saturated carbocycles. The summed E-state index contributed by atoms with van der Waals surface area (Å²) in [6.07, 6.45) is 5.23. The topological polar surface area (TPSA) is 51.2 Å². The van der Waals surface area contributed by atoms with Crippen molar-refractivity contribution in [2.45, 2.75) is 19.3 Å². The lowest BCUT2D eigenvalue weighted by molar-refractivity contribution is -0.116. The molecule has 0 aliphatic carbocycles. The number of carbonyl (C=O) groups excluding carboxylic acids is 1. The Hall–Kier alpha value is -3.21. The first-order valence-electron chi connectivity index (χ1n) is 8.42. The standard InChI is InChI=1S/C21H19FN2O2/c22-19-7-1-2-8-20(19)26-18-12-10-16(11-13-18)5-3-9-21(25)24-17-6-4-14-23-15-17/h1-2,4,6-8,10-15H,3,5,9H2,(H,24,25). The Balaban J connectivity index is 1.46. The predicted octanol–water partition coefficient (Wildman–Crippen LogP) is 4.97. The number of pyridine rings is 1. The minimum Gasteiger partial charge on any atom is -0.454 e. The van der Waals surface area contributed by atoms with Crippen LogP contribution in [0.15, 0.2) is 73.1 Å². The Morgan fingerprint density at radius 1 is 1.04 bits per heavy atom. The molecule has 0 atom stereocenters. The van der Waals surface area contributed by atoms with Gasteiger partial charge in [-0.2, -0.15) is 0 Å². The number of nitrogens with one attached hydrogen (secondary N) is 1. The van der Waals surface area contributed by atoms with E-state index in [9.17, 15) is 9.18 Å². The third-order valence-corrected chi connectivity index (χ3v) is 3.80. The van der Waals surface area contributed by atoms with E-state index >= 15 is 0 Å². The zero-order valence-electron chi connectivity index (χ0n) is 14.2. The second kappa shape index (κ2) is 8.76. The maximum atomic E-state index is 13.6.